The van der Waals surface area contributed by atoms with Crippen LogP contribution in [-0.2, 0) is 26.0 Å². The van der Waals surface area contributed by atoms with Crippen molar-refractivity contribution in [3.05, 3.63) is 47.5 Å². The Hall–Kier alpha value is -4.00. The molecule has 6 rings (SSSR count). The molecule has 2 saturated heterocycles. The molecule has 4 heterocycles. The van der Waals surface area contributed by atoms with E-state index in [1.54, 1.807) is 35.2 Å². The maximum atomic E-state index is 13.4. The van der Waals surface area contributed by atoms with E-state index in [2.05, 4.69) is 10.6 Å². The first-order valence-electron chi connectivity index (χ1n) is 13.4. The van der Waals surface area contributed by atoms with Crippen molar-refractivity contribution in [2.45, 2.75) is 31.5 Å². The maximum absolute atomic E-state index is 13.4. The molecule has 0 saturated carbocycles. The van der Waals surface area contributed by atoms with Crippen molar-refractivity contribution in [1.82, 2.24) is 15.5 Å². The highest BCUT2D eigenvalue weighted by molar-refractivity contribution is 7.91. The lowest BCUT2D eigenvalue weighted by atomic mass is 10.0. The summed E-state index contributed by atoms with van der Waals surface area (Å²) in [5.41, 5.74) is 1.04. The van der Waals surface area contributed by atoms with Crippen molar-refractivity contribution in [2.24, 2.45) is 5.92 Å². The molecule has 2 N–H and O–H groups in total. The fourth-order valence-corrected chi connectivity index (χ4v) is 6.76. The lowest BCUT2D eigenvalue weighted by molar-refractivity contribution is -0.135. The standard InChI is InChI=1S/C28H33N3O9S/c1-37-21-6-4-19-12-24(21)39-16-26(32)29-13-17-3-5-22(23(11-17)38-2)40-25-15-31(14-20(25)30-27(19)33)28(34)18-7-9-41(35,36)10-8-18/h3-6,11-12,18,20,25H,7-10,13-16H2,1-2H3,(H,29,32)(H,30,33)/t20-,25-/m0/s1. The second-order valence-electron chi connectivity index (χ2n) is 10.3. The van der Waals surface area contributed by atoms with E-state index in [0.29, 0.717) is 17.2 Å². The zero-order valence-electron chi connectivity index (χ0n) is 22.9. The van der Waals surface area contributed by atoms with Gasteiger partial charge in [0.2, 0.25) is 5.91 Å². The van der Waals surface area contributed by atoms with Crippen molar-refractivity contribution < 1.29 is 41.7 Å². The van der Waals surface area contributed by atoms with E-state index in [1.807, 2.05) is 0 Å². The highest BCUT2D eigenvalue weighted by Crippen LogP contribution is 2.32. The van der Waals surface area contributed by atoms with E-state index in [0.717, 1.165) is 5.56 Å². The number of sulfone groups is 1. The maximum Gasteiger partial charge on any atom is 0.258 e. The van der Waals surface area contributed by atoms with E-state index < -0.39 is 33.8 Å². The number of amides is 3. The van der Waals surface area contributed by atoms with Gasteiger partial charge in [0.05, 0.1) is 38.3 Å². The smallest absolute Gasteiger partial charge is 0.258 e. The molecule has 0 spiro atoms. The summed E-state index contributed by atoms with van der Waals surface area (Å²) < 4.78 is 46.7. The summed E-state index contributed by atoms with van der Waals surface area (Å²) in [5, 5.41) is 5.78. The van der Waals surface area contributed by atoms with Gasteiger partial charge >= 0.3 is 0 Å². The topological polar surface area (TPSA) is 150 Å². The minimum atomic E-state index is -3.12. The second-order valence-corrected chi connectivity index (χ2v) is 12.6. The van der Waals surface area contributed by atoms with Gasteiger partial charge < -0.3 is 34.5 Å². The molecule has 0 unspecified atom stereocenters. The normalized spacial score (nSPS) is 22.8. The number of rotatable bonds is 3. The van der Waals surface area contributed by atoms with E-state index in [-0.39, 0.29) is 73.7 Å². The highest BCUT2D eigenvalue weighted by Gasteiger charge is 2.41. The lowest BCUT2D eigenvalue weighted by Crippen LogP contribution is -2.45. The molecule has 2 fully saturated rings. The molecular formula is C28H33N3O9S. The van der Waals surface area contributed by atoms with Gasteiger partial charge in [-0.1, -0.05) is 6.07 Å². The minimum Gasteiger partial charge on any atom is -0.493 e. The summed E-state index contributed by atoms with van der Waals surface area (Å²) in [6.07, 6.45) is -0.0549. The fourth-order valence-electron chi connectivity index (χ4n) is 5.27. The average molecular weight is 588 g/mol. The van der Waals surface area contributed by atoms with Crippen LogP contribution in [-0.4, -0.2) is 88.6 Å². The first-order valence-corrected chi connectivity index (χ1v) is 15.2. The first-order chi connectivity index (χ1) is 19.7. The van der Waals surface area contributed by atoms with Crippen molar-refractivity contribution >= 4 is 27.6 Å². The Morgan fingerprint density at radius 1 is 0.976 bits per heavy atom. The van der Waals surface area contributed by atoms with Gasteiger partial charge in [0.1, 0.15) is 15.9 Å². The van der Waals surface area contributed by atoms with Gasteiger partial charge in [-0.15, -0.1) is 0 Å². The van der Waals surface area contributed by atoms with Gasteiger partial charge in [-0.3, -0.25) is 14.4 Å². The van der Waals surface area contributed by atoms with E-state index in [4.69, 9.17) is 18.9 Å². The molecule has 2 aromatic rings. The molecule has 0 aromatic heterocycles. The molecule has 0 aliphatic carbocycles. The first kappa shape index (κ1) is 28.5. The molecular weight excluding hydrogens is 554 g/mol. The number of likely N-dealkylation sites (tertiary alicyclic amines) is 1. The summed E-state index contributed by atoms with van der Waals surface area (Å²) >= 11 is 0. The van der Waals surface area contributed by atoms with Crippen LogP contribution in [0.15, 0.2) is 36.4 Å². The zero-order valence-corrected chi connectivity index (χ0v) is 23.7. The number of hydrogen-bond acceptors (Lipinski definition) is 9. The average Bonchev–Trinajstić information content (AvgIpc) is 3.36. The summed E-state index contributed by atoms with van der Waals surface area (Å²) in [6, 6.07) is 9.33. The van der Waals surface area contributed by atoms with E-state index in [1.165, 1.54) is 20.3 Å². The molecule has 41 heavy (non-hydrogen) atoms. The molecule has 2 aromatic carbocycles. The van der Waals surface area contributed by atoms with Crippen LogP contribution in [0.3, 0.4) is 0 Å². The van der Waals surface area contributed by atoms with Crippen molar-refractivity contribution in [1.29, 1.82) is 0 Å². The number of methoxy groups -OCH3 is 2. The van der Waals surface area contributed by atoms with Gasteiger partial charge in [0.15, 0.2) is 29.6 Å². The number of fused-ring (bicyclic) bond motifs is 7. The van der Waals surface area contributed by atoms with Crippen LogP contribution in [0.2, 0.25) is 0 Å². The number of nitrogens with one attached hydrogen (secondary N) is 2. The Labute approximate surface area is 238 Å². The molecule has 0 radical (unpaired) electrons. The number of carbonyl (C=O) groups is 3. The van der Waals surface area contributed by atoms with Crippen LogP contribution in [0, 0.1) is 5.92 Å². The van der Waals surface area contributed by atoms with Crippen molar-refractivity contribution in [2.75, 3.05) is 45.4 Å². The largest absolute Gasteiger partial charge is 0.493 e. The Kier molecular flexibility index (Phi) is 8.25. The molecule has 220 valence electrons. The van der Waals surface area contributed by atoms with E-state index in [9.17, 15) is 22.8 Å². The zero-order chi connectivity index (χ0) is 29.1. The van der Waals surface area contributed by atoms with Crippen LogP contribution < -0.4 is 29.6 Å². The van der Waals surface area contributed by atoms with Crippen LogP contribution in [0.1, 0.15) is 28.8 Å². The predicted octanol–water partition coefficient (Wildman–Crippen LogP) is 0.925. The molecule has 4 aliphatic rings. The number of hydrogen-bond donors (Lipinski definition) is 2. The SMILES string of the molecule is COc1ccc2cc1OCC(=O)NCc1ccc(c(OC)c1)O[C@H]1CN(C(=O)C3CCS(=O)(=O)CC3)C[C@@H]1NC2=O. The predicted molar refractivity (Wildman–Crippen MR) is 147 cm³/mol. The third-order valence-electron chi connectivity index (χ3n) is 7.58. The van der Waals surface area contributed by atoms with Crippen LogP contribution in [0.4, 0.5) is 0 Å². The van der Waals surface area contributed by atoms with Crippen molar-refractivity contribution in [3.63, 3.8) is 0 Å². The highest BCUT2D eigenvalue weighted by atomic mass is 32.2. The molecule has 4 bridgehead atoms. The van der Waals surface area contributed by atoms with Gasteiger partial charge in [0, 0.05) is 24.6 Å². The van der Waals surface area contributed by atoms with Gasteiger partial charge in [0.25, 0.3) is 11.8 Å². The van der Waals surface area contributed by atoms with Crippen LogP contribution in [0.5, 0.6) is 23.0 Å². The number of benzene rings is 2. The Bertz CT molecular complexity index is 1430. The molecule has 12 nitrogen and oxygen atoms in total. The summed E-state index contributed by atoms with van der Waals surface area (Å²) in [6.45, 7) is 0.327. The quantitative estimate of drug-likeness (QED) is 0.535. The third kappa shape index (κ3) is 6.50. The number of ether oxygens (including phenoxy) is 4. The third-order valence-corrected chi connectivity index (χ3v) is 9.29. The van der Waals surface area contributed by atoms with Crippen LogP contribution >= 0.6 is 0 Å². The lowest BCUT2D eigenvalue weighted by Gasteiger charge is -2.26. The summed E-state index contributed by atoms with van der Waals surface area (Å²) in [4.78, 5) is 40.9. The summed E-state index contributed by atoms with van der Waals surface area (Å²) in [7, 11) is -0.153. The minimum absolute atomic E-state index is 0.0107. The fraction of sp³-hybridized carbons (Fsp3) is 0.464. The van der Waals surface area contributed by atoms with Gasteiger partial charge in [-0.25, -0.2) is 8.42 Å². The second kappa shape index (κ2) is 11.9. The summed E-state index contributed by atoms with van der Waals surface area (Å²) in [5.74, 6) is 0.0898. The van der Waals surface area contributed by atoms with Crippen molar-refractivity contribution in [3.8, 4) is 23.0 Å². The van der Waals surface area contributed by atoms with Gasteiger partial charge in [-0.05, 0) is 48.7 Å². The molecule has 13 heteroatoms. The number of nitrogens with zero attached hydrogens (tertiary/aromatic N) is 1. The van der Waals surface area contributed by atoms with E-state index >= 15 is 0 Å². The van der Waals surface area contributed by atoms with Gasteiger partial charge in [-0.2, -0.15) is 0 Å². The number of carbonyl (C=O) groups excluding carboxylic acids is 3. The molecule has 3 amide bonds. The van der Waals surface area contributed by atoms with Crippen LogP contribution in [0.25, 0.3) is 0 Å². The molecule has 2 atom stereocenters. The Balaban J connectivity index is 1.44. The monoisotopic (exact) mass is 587 g/mol. The Morgan fingerprint density at radius 3 is 2.46 bits per heavy atom. The molecule has 4 aliphatic heterocycles. The Morgan fingerprint density at radius 2 is 1.73 bits per heavy atom.